The molecule has 1 saturated heterocycles. The molecule has 0 unspecified atom stereocenters. The molecule has 1 heterocycles. The monoisotopic (exact) mass is 552 g/mol. The standard InChI is InChI=1S/C30H40N4O6/c1-29(2,3)40-28(38)32-24(19-25(35)39-4)26(36)33-30(27(37)31-20-22-11-7-5-8-12-22)15-17-34(18-16-30)21-23-13-9-6-10-14-23/h5-14,24H,15-21H2,1-4H3,(H,31,37)(H,32,38)(H,33,36)/t24-/m0/s1. The van der Waals surface area contributed by atoms with E-state index in [9.17, 15) is 19.2 Å². The summed E-state index contributed by atoms with van der Waals surface area (Å²) in [6.07, 6.45) is -0.562. The Hall–Kier alpha value is -3.92. The predicted octanol–water partition coefficient (Wildman–Crippen LogP) is 2.91. The van der Waals surface area contributed by atoms with Gasteiger partial charge in [-0.15, -0.1) is 0 Å². The summed E-state index contributed by atoms with van der Waals surface area (Å²) in [4.78, 5) is 54.0. The number of rotatable bonds is 10. The first kappa shape index (κ1) is 30.6. The Kier molecular flexibility index (Phi) is 10.7. The molecule has 0 aromatic heterocycles. The van der Waals surface area contributed by atoms with Crippen molar-refractivity contribution in [1.29, 1.82) is 0 Å². The fourth-order valence-electron chi connectivity index (χ4n) is 4.52. The molecule has 10 nitrogen and oxygen atoms in total. The summed E-state index contributed by atoms with van der Waals surface area (Å²) in [6, 6.07) is 18.2. The average molecular weight is 553 g/mol. The summed E-state index contributed by atoms with van der Waals surface area (Å²) >= 11 is 0. The first-order chi connectivity index (χ1) is 19.0. The van der Waals surface area contributed by atoms with Gasteiger partial charge in [0.05, 0.1) is 13.5 Å². The third-order valence-electron chi connectivity index (χ3n) is 6.66. The predicted molar refractivity (Wildman–Crippen MR) is 150 cm³/mol. The van der Waals surface area contributed by atoms with Gasteiger partial charge in [-0.05, 0) is 44.7 Å². The third-order valence-corrected chi connectivity index (χ3v) is 6.66. The number of nitrogens with zero attached hydrogens (tertiary/aromatic N) is 1. The Morgan fingerprint density at radius 2 is 1.50 bits per heavy atom. The number of likely N-dealkylation sites (tertiary alicyclic amines) is 1. The number of alkyl carbamates (subject to hydrolysis) is 1. The first-order valence-electron chi connectivity index (χ1n) is 13.5. The number of esters is 1. The SMILES string of the molecule is COC(=O)C[C@H](NC(=O)OC(C)(C)C)C(=O)NC1(C(=O)NCc2ccccc2)CCN(Cc2ccccc2)CC1. The summed E-state index contributed by atoms with van der Waals surface area (Å²) in [5.41, 5.74) is 0.0463. The normalized spacial score (nSPS) is 15.8. The molecule has 0 saturated carbocycles. The lowest BCUT2D eigenvalue weighted by Crippen LogP contribution is -2.65. The zero-order valence-corrected chi connectivity index (χ0v) is 23.7. The van der Waals surface area contributed by atoms with Gasteiger partial charge in [0.15, 0.2) is 0 Å². The molecular formula is C30H40N4O6. The molecule has 1 aliphatic rings. The van der Waals surface area contributed by atoms with Crippen molar-refractivity contribution in [2.75, 3.05) is 20.2 Å². The van der Waals surface area contributed by atoms with Crippen LogP contribution in [0.3, 0.4) is 0 Å². The van der Waals surface area contributed by atoms with E-state index in [1.165, 1.54) is 7.11 Å². The summed E-state index contributed by atoms with van der Waals surface area (Å²) in [5.74, 6) is -1.67. The molecule has 3 rings (SSSR count). The topological polar surface area (TPSA) is 126 Å². The highest BCUT2D eigenvalue weighted by molar-refractivity contribution is 5.95. The van der Waals surface area contributed by atoms with Gasteiger partial charge in [0.2, 0.25) is 11.8 Å². The van der Waals surface area contributed by atoms with E-state index in [4.69, 9.17) is 9.47 Å². The lowest BCUT2D eigenvalue weighted by Gasteiger charge is -2.41. The molecule has 216 valence electrons. The van der Waals surface area contributed by atoms with Crippen LogP contribution in [0.5, 0.6) is 0 Å². The highest BCUT2D eigenvalue weighted by Gasteiger charge is 2.44. The summed E-state index contributed by atoms with van der Waals surface area (Å²) in [6.45, 7) is 7.23. The fourth-order valence-corrected chi connectivity index (χ4v) is 4.52. The van der Waals surface area contributed by atoms with Gasteiger partial charge in [-0.3, -0.25) is 19.3 Å². The molecule has 1 atom stereocenters. The fraction of sp³-hybridized carbons (Fsp3) is 0.467. The number of nitrogens with one attached hydrogen (secondary N) is 3. The molecule has 1 aliphatic heterocycles. The highest BCUT2D eigenvalue weighted by Crippen LogP contribution is 2.25. The van der Waals surface area contributed by atoms with Crippen LogP contribution < -0.4 is 16.0 Å². The second-order valence-corrected chi connectivity index (χ2v) is 11.0. The maximum Gasteiger partial charge on any atom is 0.408 e. The largest absolute Gasteiger partial charge is 0.469 e. The molecule has 3 N–H and O–H groups in total. The van der Waals surface area contributed by atoms with Gasteiger partial charge < -0.3 is 25.4 Å². The van der Waals surface area contributed by atoms with E-state index in [0.29, 0.717) is 32.5 Å². The molecule has 0 bridgehead atoms. The maximum absolute atomic E-state index is 13.7. The van der Waals surface area contributed by atoms with E-state index in [2.05, 4.69) is 33.0 Å². The van der Waals surface area contributed by atoms with Gasteiger partial charge in [0.25, 0.3) is 0 Å². The van der Waals surface area contributed by atoms with Crippen LogP contribution in [0.4, 0.5) is 4.79 Å². The minimum absolute atomic E-state index is 0.298. The molecule has 1 fully saturated rings. The molecule has 0 radical (unpaired) electrons. The number of ether oxygens (including phenoxy) is 2. The van der Waals surface area contributed by atoms with E-state index >= 15 is 0 Å². The lowest BCUT2D eigenvalue weighted by atomic mass is 9.85. The Bertz CT molecular complexity index is 1140. The van der Waals surface area contributed by atoms with Crippen LogP contribution in [-0.2, 0) is 36.9 Å². The average Bonchev–Trinajstić information content (AvgIpc) is 2.92. The van der Waals surface area contributed by atoms with Crippen molar-refractivity contribution in [3.8, 4) is 0 Å². The molecule has 3 amide bonds. The van der Waals surface area contributed by atoms with Crippen LogP contribution in [-0.4, -0.2) is 66.2 Å². The van der Waals surface area contributed by atoms with Crippen molar-refractivity contribution in [3.63, 3.8) is 0 Å². The summed E-state index contributed by atoms with van der Waals surface area (Å²) in [5, 5.41) is 8.33. The zero-order valence-electron chi connectivity index (χ0n) is 23.7. The second kappa shape index (κ2) is 13.9. The summed E-state index contributed by atoms with van der Waals surface area (Å²) < 4.78 is 10.0. The molecular weight excluding hydrogens is 512 g/mol. The van der Waals surface area contributed by atoms with Crippen molar-refractivity contribution in [2.45, 2.75) is 70.3 Å². The van der Waals surface area contributed by atoms with Gasteiger partial charge in [0.1, 0.15) is 17.2 Å². The molecule has 40 heavy (non-hydrogen) atoms. The Labute approximate surface area is 235 Å². The van der Waals surface area contributed by atoms with E-state index in [-0.39, 0.29) is 5.91 Å². The van der Waals surface area contributed by atoms with Gasteiger partial charge in [-0.25, -0.2) is 4.79 Å². The number of benzene rings is 2. The summed E-state index contributed by atoms with van der Waals surface area (Å²) in [7, 11) is 1.20. The number of hydrogen-bond acceptors (Lipinski definition) is 7. The van der Waals surface area contributed by atoms with E-state index in [1.54, 1.807) is 20.8 Å². The maximum atomic E-state index is 13.7. The lowest BCUT2D eigenvalue weighted by molar-refractivity contribution is -0.144. The van der Waals surface area contributed by atoms with Crippen molar-refractivity contribution >= 4 is 23.9 Å². The Morgan fingerprint density at radius 3 is 2.05 bits per heavy atom. The Balaban J connectivity index is 1.77. The highest BCUT2D eigenvalue weighted by atomic mass is 16.6. The zero-order chi connectivity index (χ0) is 29.2. The van der Waals surface area contributed by atoms with Gasteiger partial charge in [-0.2, -0.15) is 0 Å². The van der Waals surface area contributed by atoms with Crippen LogP contribution >= 0.6 is 0 Å². The van der Waals surface area contributed by atoms with Gasteiger partial charge in [-0.1, -0.05) is 60.7 Å². The number of piperidine rings is 1. The van der Waals surface area contributed by atoms with Crippen molar-refractivity contribution in [2.24, 2.45) is 0 Å². The number of methoxy groups -OCH3 is 1. The van der Waals surface area contributed by atoms with Crippen molar-refractivity contribution in [1.82, 2.24) is 20.9 Å². The van der Waals surface area contributed by atoms with E-state index < -0.39 is 41.6 Å². The van der Waals surface area contributed by atoms with Crippen LogP contribution in [0.1, 0.15) is 51.2 Å². The minimum atomic E-state index is -1.29. The van der Waals surface area contributed by atoms with Crippen molar-refractivity contribution < 1.29 is 28.7 Å². The number of amides is 3. The smallest absolute Gasteiger partial charge is 0.408 e. The number of carbonyl (C=O) groups is 4. The minimum Gasteiger partial charge on any atom is -0.469 e. The third kappa shape index (κ3) is 9.37. The van der Waals surface area contributed by atoms with E-state index in [1.807, 2.05) is 48.5 Å². The number of hydrogen-bond donors (Lipinski definition) is 3. The molecule has 10 heteroatoms. The number of carbonyl (C=O) groups excluding carboxylic acids is 4. The van der Waals surface area contributed by atoms with Gasteiger partial charge >= 0.3 is 12.1 Å². The molecule has 2 aromatic carbocycles. The quantitative estimate of drug-likeness (QED) is 0.387. The van der Waals surface area contributed by atoms with Crippen LogP contribution in [0.15, 0.2) is 60.7 Å². The van der Waals surface area contributed by atoms with Crippen LogP contribution in [0.2, 0.25) is 0 Å². The molecule has 0 spiro atoms. The van der Waals surface area contributed by atoms with Crippen LogP contribution in [0.25, 0.3) is 0 Å². The molecule has 2 aromatic rings. The molecule has 0 aliphatic carbocycles. The first-order valence-corrected chi connectivity index (χ1v) is 13.5. The van der Waals surface area contributed by atoms with Gasteiger partial charge in [0, 0.05) is 26.2 Å². The van der Waals surface area contributed by atoms with E-state index in [0.717, 1.165) is 17.7 Å². The Morgan fingerprint density at radius 1 is 0.925 bits per heavy atom. The second-order valence-electron chi connectivity index (χ2n) is 11.0. The van der Waals surface area contributed by atoms with Crippen LogP contribution in [0, 0.1) is 0 Å². The van der Waals surface area contributed by atoms with Crippen molar-refractivity contribution in [3.05, 3.63) is 71.8 Å².